The molecule has 1 aliphatic rings. The van der Waals surface area contributed by atoms with Crippen molar-refractivity contribution in [1.29, 1.82) is 0 Å². The van der Waals surface area contributed by atoms with Crippen LogP contribution in [-0.4, -0.2) is 61.9 Å². The van der Waals surface area contributed by atoms with Crippen LogP contribution in [0, 0.1) is 5.92 Å². The van der Waals surface area contributed by atoms with Crippen molar-refractivity contribution in [3.63, 3.8) is 0 Å². The van der Waals surface area contributed by atoms with Crippen molar-refractivity contribution in [3.05, 3.63) is 53.4 Å². The number of para-hydroxylation sites is 1. The van der Waals surface area contributed by atoms with E-state index in [1.54, 1.807) is 4.90 Å². The number of likely N-dealkylation sites (tertiary alicyclic amines) is 1. The summed E-state index contributed by atoms with van der Waals surface area (Å²) in [5.41, 5.74) is 7.96. The molecule has 1 aliphatic heterocycles. The van der Waals surface area contributed by atoms with Gasteiger partial charge in [0.05, 0.1) is 6.04 Å². The van der Waals surface area contributed by atoms with Gasteiger partial charge in [-0.15, -0.1) is 0 Å². The summed E-state index contributed by atoms with van der Waals surface area (Å²) >= 11 is 0. The van der Waals surface area contributed by atoms with Gasteiger partial charge in [-0.1, -0.05) is 58.7 Å². The Morgan fingerprint density at radius 3 is 2.38 bits per heavy atom. The molecule has 40 heavy (non-hydrogen) atoms. The average Bonchev–Trinajstić information content (AvgIpc) is 3.44. The Hall–Kier alpha value is -3.66. The topological polar surface area (TPSA) is 146 Å². The predicted molar refractivity (Wildman–Crippen MR) is 152 cm³/mol. The van der Waals surface area contributed by atoms with Crippen LogP contribution in [0.2, 0.25) is 0 Å². The van der Waals surface area contributed by atoms with Gasteiger partial charge in [-0.05, 0) is 36.8 Å². The van der Waals surface area contributed by atoms with Gasteiger partial charge in [-0.2, -0.15) is 0 Å². The monoisotopic (exact) mass is 551 g/mol. The number of hydrogen-bond donors (Lipinski definition) is 3. The number of imide groups is 1. The predicted octanol–water partition coefficient (Wildman–Crippen LogP) is 5.46. The first-order valence-corrected chi connectivity index (χ1v) is 14.2. The number of hydrogen-bond acceptors (Lipinski definition) is 6. The number of rotatable bonds is 9. The summed E-state index contributed by atoms with van der Waals surface area (Å²) < 4.78 is 6.11. The lowest BCUT2D eigenvalue weighted by molar-refractivity contribution is -0.133. The van der Waals surface area contributed by atoms with Crippen LogP contribution in [0.1, 0.15) is 99.5 Å². The fraction of sp³-hybridized carbons (Fsp3) is 0.533. The molecule has 0 radical (unpaired) electrons. The molecule has 1 fully saturated rings. The lowest BCUT2D eigenvalue weighted by atomic mass is 10.00. The molecule has 0 bridgehead atoms. The number of carboxylic acid groups (broad SMARTS) is 1. The molecule has 0 spiro atoms. The summed E-state index contributed by atoms with van der Waals surface area (Å²) in [6.45, 7) is 8.64. The molecule has 3 amide bonds. The van der Waals surface area contributed by atoms with E-state index in [1.807, 2.05) is 58.2 Å². The Morgan fingerprint density at radius 2 is 1.77 bits per heavy atom. The van der Waals surface area contributed by atoms with Gasteiger partial charge in [0.1, 0.15) is 11.8 Å². The summed E-state index contributed by atoms with van der Waals surface area (Å²) in [6.07, 6.45) is 6.14. The van der Waals surface area contributed by atoms with Crippen LogP contribution in [-0.2, 0) is 11.2 Å². The molecule has 3 heterocycles. The highest BCUT2D eigenvalue weighted by Crippen LogP contribution is 2.33. The molecule has 0 unspecified atom stereocenters. The standard InChI is InChI=1S/C30H41N5O5/c1-18(2)15-22(31)28(36)35(30(39)34-13-9-5-6-10-14-34)24(16-20-17-32-23-12-8-7-11-21(20)23)27-33-25(29(37)38)26(40-27)19(3)4/h7-8,11-12,17-19,22,24,32H,5-6,9-10,13-16,31H2,1-4H3,(H,37,38)/t22-,24+/m0/s1. The third-order valence-electron chi connectivity index (χ3n) is 7.44. The first-order valence-electron chi connectivity index (χ1n) is 14.2. The molecule has 1 saturated heterocycles. The van der Waals surface area contributed by atoms with Crippen LogP contribution in [0.5, 0.6) is 0 Å². The number of urea groups is 1. The molecule has 2 aromatic heterocycles. The number of carboxylic acids is 1. The minimum atomic E-state index is -1.22. The summed E-state index contributed by atoms with van der Waals surface area (Å²) in [4.78, 5) is 50.9. The molecular formula is C30H41N5O5. The van der Waals surface area contributed by atoms with Crippen LogP contribution in [0.25, 0.3) is 10.9 Å². The number of nitrogens with two attached hydrogens (primary N) is 1. The van der Waals surface area contributed by atoms with Gasteiger partial charge in [0.15, 0.2) is 5.69 Å². The molecule has 4 rings (SSSR count). The number of carbonyl (C=O) groups excluding carboxylic acids is 2. The van der Waals surface area contributed by atoms with E-state index in [0.717, 1.165) is 42.1 Å². The minimum absolute atomic E-state index is 0.0136. The van der Waals surface area contributed by atoms with Crippen LogP contribution in [0.3, 0.4) is 0 Å². The maximum atomic E-state index is 14.2. The fourth-order valence-electron chi connectivity index (χ4n) is 5.42. The van der Waals surface area contributed by atoms with Crippen LogP contribution in [0.4, 0.5) is 4.79 Å². The molecule has 216 valence electrons. The summed E-state index contributed by atoms with van der Waals surface area (Å²) in [6, 6.07) is 5.39. The lowest BCUT2D eigenvalue weighted by Gasteiger charge is -2.34. The number of carbonyl (C=O) groups is 3. The van der Waals surface area contributed by atoms with Gasteiger partial charge in [0.2, 0.25) is 11.8 Å². The molecule has 2 atom stereocenters. The van der Waals surface area contributed by atoms with E-state index in [1.165, 1.54) is 4.90 Å². The van der Waals surface area contributed by atoms with Gasteiger partial charge in [0, 0.05) is 42.5 Å². The third-order valence-corrected chi connectivity index (χ3v) is 7.44. The highest BCUT2D eigenvalue weighted by atomic mass is 16.4. The number of nitrogens with zero attached hydrogens (tertiary/aromatic N) is 3. The zero-order chi connectivity index (χ0) is 29.0. The van der Waals surface area contributed by atoms with Crippen LogP contribution >= 0.6 is 0 Å². The second kappa shape index (κ2) is 12.7. The quantitative estimate of drug-likeness (QED) is 0.320. The molecule has 0 aliphatic carbocycles. The van der Waals surface area contributed by atoms with E-state index in [-0.39, 0.29) is 35.6 Å². The highest BCUT2D eigenvalue weighted by Gasteiger charge is 2.40. The summed E-state index contributed by atoms with van der Waals surface area (Å²) in [7, 11) is 0. The smallest absolute Gasteiger partial charge is 0.358 e. The number of aromatic nitrogens is 2. The Balaban J connectivity index is 1.87. The number of H-pyrrole nitrogens is 1. The minimum Gasteiger partial charge on any atom is -0.476 e. The van der Waals surface area contributed by atoms with E-state index in [2.05, 4.69) is 9.97 Å². The van der Waals surface area contributed by atoms with Crippen LogP contribution in [0.15, 0.2) is 34.9 Å². The number of fused-ring (bicyclic) bond motifs is 1. The average molecular weight is 552 g/mol. The zero-order valence-corrected chi connectivity index (χ0v) is 23.9. The Labute approximate surface area is 234 Å². The largest absolute Gasteiger partial charge is 0.476 e. The van der Waals surface area contributed by atoms with Crippen molar-refractivity contribution in [1.82, 2.24) is 19.8 Å². The number of nitrogens with one attached hydrogen (secondary N) is 1. The van der Waals surface area contributed by atoms with Gasteiger partial charge in [-0.3, -0.25) is 4.79 Å². The fourth-order valence-corrected chi connectivity index (χ4v) is 5.42. The third kappa shape index (κ3) is 6.38. The highest BCUT2D eigenvalue weighted by molar-refractivity contribution is 5.97. The van der Waals surface area contributed by atoms with Crippen molar-refractivity contribution in [2.75, 3.05) is 13.1 Å². The van der Waals surface area contributed by atoms with Gasteiger partial charge in [-0.25, -0.2) is 19.5 Å². The van der Waals surface area contributed by atoms with Gasteiger partial charge >= 0.3 is 12.0 Å². The van der Waals surface area contributed by atoms with Gasteiger partial charge < -0.3 is 25.1 Å². The van der Waals surface area contributed by atoms with Crippen molar-refractivity contribution >= 4 is 28.8 Å². The lowest BCUT2D eigenvalue weighted by Crippen LogP contribution is -2.54. The first-order chi connectivity index (χ1) is 19.1. The summed E-state index contributed by atoms with van der Waals surface area (Å²) in [5.74, 6) is -1.66. The molecule has 1 aromatic carbocycles. The first kappa shape index (κ1) is 29.3. The van der Waals surface area contributed by atoms with E-state index in [0.29, 0.717) is 19.5 Å². The van der Waals surface area contributed by atoms with E-state index >= 15 is 0 Å². The molecule has 10 nitrogen and oxygen atoms in total. The van der Waals surface area contributed by atoms with Gasteiger partial charge in [0.25, 0.3) is 0 Å². The number of oxazole rings is 1. The van der Waals surface area contributed by atoms with Crippen LogP contribution < -0.4 is 5.73 Å². The van der Waals surface area contributed by atoms with E-state index in [4.69, 9.17) is 10.2 Å². The maximum Gasteiger partial charge on any atom is 0.358 e. The molecular weight excluding hydrogens is 510 g/mol. The Morgan fingerprint density at radius 1 is 1.10 bits per heavy atom. The molecule has 0 saturated carbocycles. The second-order valence-electron chi connectivity index (χ2n) is 11.4. The van der Waals surface area contributed by atoms with Crippen molar-refractivity contribution in [3.8, 4) is 0 Å². The number of aromatic amines is 1. The van der Waals surface area contributed by atoms with Crippen molar-refractivity contribution < 1.29 is 23.9 Å². The maximum absolute atomic E-state index is 14.2. The molecule has 4 N–H and O–H groups in total. The van der Waals surface area contributed by atoms with E-state index in [9.17, 15) is 19.5 Å². The normalized spacial score (nSPS) is 15.8. The van der Waals surface area contributed by atoms with Crippen molar-refractivity contribution in [2.24, 2.45) is 11.7 Å². The number of amides is 3. The number of benzene rings is 1. The molecule has 10 heteroatoms. The second-order valence-corrected chi connectivity index (χ2v) is 11.4. The summed E-state index contributed by atoms with van der Waals surface area (Å²) in [5, 5.41) is 10.8. The Kier molecular flexibility index (Phi) is 9.29. The Bertz CT molecular complexity index is 1340. The zero-order valence-electron chi connectivity index (χ0n) is 23.9. The molecule has 3 aromatic rings. The van der Waals surface area contributed by atoms with Crippen molar-refractivity contribution in [2.45, 2.75) is 84.2 Å². The number of aromatic carboxylic acids is 1. The SMILES string of the molecule is CC(C)C[C@H](N)C(=O)N(C(=O)N1CCCCCC1)[C@H](Cc1c[nH]c2ccccc12)c1nc(C(=O)O)c(C(C)C)o1. The van der Waals surface area contributed by atoms with E-state index < -0.39 is 30.0 Å².